The fourth-order valence-electron chi connectivity index (χ4n) is 2.39. The molecule has 122 valence electrons. The summed E-state index contributed by atoms with van der Waals surface area (Å²) in [4.78, 5) is 36.1. The zero-order valence-electron chi connectivity index (χ0n) is 11.9. The lowest BCUT2D eigenvalue weighted by Crippen LogP contribution is -2.48. The van der Waals surface area contributed by atoms with E-state index in [1.54, 1.807) is 6.07 Å². The van der Waals surface area contributed by atoms with Gasteiger partial charge in [-0.15, -0.1) is 0 Å². The van der Waals surface area contributed by atoms with Gasteiger partial charge in [0, 0.05) is 24.3 Å². The van der Waals surface area contributed by atoms with Gasteiger partial charge < -0.3 is 20.7 Å². The maximum atomic E-state index is 11.9. The first-order valence-electron chi connectivity index (χ1n) is 6.54. The Hall–Kier alpha value is -2.90. The number of esters is 1. The smallest absolute Gasteiger partial charge is 0.329 e. The summed E-state index contributed by atoms with van der Waals surface area (Å²) < 4.78 is 5.60. The topological polar surface area (TPSA) is 171 Å². The average molecular weight is 322 g/mol. The Morgan fingerprint density at radius 1 is 1.61 bits per heavy atom. The summed E-state index contributed by atoms with van der Waals surface area (Å²) in [5.74, 6) is -1.29. The van der Waals surface area contributed by atoms with E-state index in [4.69, 9.17) is 10.5 Å². The summed E-state index contributed by atoms with van der Waals surface area (Å²) in [6.45, 7) is -0.736. The number of aromatic amines is 1. The van der Waals surface area contributed by atoms with Gasteiger partial charge in [0.1, 0.15) is 18.5 Å². The Bertz CT molecular complexity index is 817. The lowest BCUT2D eigenvalue weighted by molar-refractivity contribution is -0.141. The standard InChI is InChI=1S/C13H14N4O6/c14-4-9(19)23-5-7-3-13(6-15,11(21)10(7)20)17-2-1-8(18)16-12(17)22/h1-2,11,20-21H,3-5,14H2,(H,16,18,22)/t11?,13-/m0/s1. The number of H-pyrrole nitrogens is 1. The van der Waals surface area contributed by atoms with E-state index in [2.05, 4.69) is 0 Å². The number of nitrogens with one attached hydrogen (secondary N) is 1. The predicted octanol–water partition coefficient (Wildman–Crippen LogP) is -2.17. The summed E-state index contributed by atoms with van der Waals surface area (Å²) in [5.41, 5.74) is 1.74. The summed E-state index contributed by atoms with van der Waals surface area (Å²) in [7, 11) is 0. The maximum Gasteiger partial charge on any atom is 0.329 e. The number of aromatic nitrogens is 2. The molecular weight excluding hydrogens is 308 g/mol. The van der Waals surface area contributed by atoms with Crippen LogP contribution in [0, 0.1) is 11.3 Å². The molecule has 1 aromatic rings. The number of rotatable bonds is 4. The Kier molecular flexibility index (Phi) is 4.35. The van der Waals surface area contributed by atoms with Crippen molar-refractivity contribution in [2.45, 2.75) is 18.1 Å². The number of ether oxygens (including phenoxy) is 1. The highest BCUT2D eigenvalue weighted by Crippen LogP contribution is 2.38. The van der Waals surface area contributed by atoms with Gasteiger partial charge in [-0.05, 0) is 0 Å². The van der Waals surface area contributed by atoms with Crippen molar-refractivity contribution < 1.29 is 19.7 Å². The molecule has 1 unspecified atom stereocenters. The van der Waals surface area contributed by atoms with Crippen molar-refractivity contribution in [3.05, 3.63) is 44.4 Å². The molecule has 2 atom stereocenters. The SMILES string of the molecule is N#C[C@@]1(n2ccc(=O)[nH]c2=O)CC(COC(=O)CN)=C(O)C1O. The number of carbonyl (C=O) groups is 1. The highest BCUT2D eigenvalue weighted by Gasteiger charge is 2.50. The summed E-state index contributed by atoms with van der Waals surface area (Å²) in [6.07, 6.45) is -0.932. The van der Waals surface area contributed by atoms with E-state index in [0.717, 1.165) is 16.8 Å². The van der Waals surface area contributed by atoms with Crippen LogP contribution in [-0.4, -0.2) is 45.0 Å². The van der Waals surface area contributed by atoms with Crippen LogP contribution in [0.4, 0.5) is 0 Å². The highest BCUT2D eigenvalue weighted by molar-refractivity contribution is 5.71. The van der Waals surface area contributed by atoms with Gasteiger partial charge in [-0.1, -0.05) is 0 Å². The van der Waals surface area contributed by atoms with Gasteiger partial charge in [0.25, 0.3) is 5.56 Å². The summed E-state index contributed by atoms with van der Waals surface area (Å²) in [6, 6.07) is 2.80. The summed E-state index contributed by atoms with van der Waals surface area (Å²) >= 11 is 0. The zero-order valence-corrected chi connectivity index (χ0v) is 11.9. The molecule has 1 heterocycles. The minimum atomic E-state index is -1.85. The van der Waals surface area contributed by atoms with E-state index in [1.807, 2.05) is 4.98 Å². The van der Waals surface area contributed by atoms with Crippen molar-refractivity contribution in [1.29, 1.82) is 5.26 Å². The molecule has 0 spiro atoms. The van der Waals surface area contributed by atoms with Crippen molar-refractivity contribution in [1.82, 2.24) is 9.55 Å². The van der Waals surface area contributed by atoms with Gasteiger partial charge in [-0.2, -0.15) is 5.26 Å². The third-order valence-electron chi connectivity index (χ3n) is 3.58. The van der Waals surface area contributed by atoms with E-state index >= 15 is 0 Å². The van der Waals surface area contributed by atoms with Crippen molar-refractivity contribution >= 4 is 5.97 Å². The largest absolute Gasteiger partial charge is 0.509 e. The second-order valence-corrected chi connectivity index (χ2v) is 4.95. The number of nitrogens with zero attached hydrogens (tertiary/aromatic N) is 2. The van der Waals surface area contributed by atoms with Crippen molar-refractivity contribution in [2.24, 2.45) is 5.73 Å². The zero-order chi connectivity index (χ0) is 17.2. The molecule has 0 bridgehead atoms. The Labute approximate surface area is 129 Å². The third-order valence-corrected chi connectivity index (χ3v) is 3.58. The fourth-order valence-corrected chi connectivity index (χ4v) is 2.39. The second kappa shape index (κ2) is 6.07. The molecule has 5 N–H and O–H groups in total. The Morgan fingerprint density at radius 2 is 2.30 bits per heavy atom. The minimum Gasteiger partial charge on any atom is -0.509 e. The number of nitrogens with two attached hydrogens (primary N) is 1. The normalized spacial score (nSPS) is 23.6. The van der Waals surface area contributed by atoms with Crippen LogP contribution in [0.2, 0.25) is 0 Å². The van der Waals surface area contributed by atoms with Gasteiger partial charge in [0.2, 0.25) is 0 Å². The highest BCUT2D eigenvalue weighted by atomic mass is 16.5. The first-order valence-corrected chi connectivity index (χ1v) is 6.54. The molecule has 0 amide bonds. The van der Waals surface area contributed by atoms with Gasteiger partial charge >= 0.3 is 11.7 Å². The third kappa shape index (κ3) is 2.75. The van der Waals surface area contributed by atoms with Crippen LogP contribution in [0.25, 0.3) is 0 Å². The van der Waals surface area contributed by atoms with Crippen LogP contribution in [0.15, 0.2) is 33.2 Å². The fraction of sp³-hybridized carbons (Fsp3) is 0.385. The molecule has 0 radical (unpaired) electrons. The molecule has 0 saturated carbocycles. The van der Waals surface area contributed by atoms with Crippen LogP contribution in [0.3, 0.4) is 0 Å². The molecular formula is C13H14N4O6. The number of hydrogen-bond donors (Lipinski definition) is 4. The molecule has 0 aliphatic heterocycles. The molecule has 1 aliphatic carbocycles. The van der Waals surface area contributed by atoms with Gasteiger partial charge in [-0.25, -0.2) is 4.79 Å². The van der Waals surface area contributed by atoms with Crippen LogP contribution >= 0.6 is 0 Å². The molecule has 2 rings (SSSR count). The van der Waals surface area contributed by atoms with Gasteiger partial charge in [0.05, 0.1) is 12.6 Å². The lowest BCUT2D eigenvalue weighted by Gasteiger charge is -2.27. The van der Waals surface area contributed by atoms with E-state index in [9.17, 15) is 29.9 Å². The first kappa shape index (κ1) is 16.5. The van der Waals surface area contributed by atoms with Crippen LogP contribution in [0.1, 0.15) is 6.42 Å². The van der Waals surface area contributed by atoms with Crippen LogP contribution in [-0.2, 0) is 15.1 Å². The van der Waals surface area contributed by atoms with E-state index in [0.29, 0.717) is 0 Å². The van der Waals surface area contributed by atoms with E-state index < -0.39 is 34.6 Å². The Morgan fingerprint density at radius 3 is 2.87 bits per heavy atom. The maximum absolute atomic E-state index is 11.9. The number of carbonyl (C=O) groups excluding carboxylic acids is 1. The number of nitriles is 1. The van der Waals surface area contributed by atoms with Crippen molar-refractivity contribution in [3.63, 3.8) is 0 Å². The first-order chi connectivity index (χ1) is 10.9. The van der Waals surface area contributed by atoms with E-state index in [-0.39, 0.29) is 25.1 Å². The molecule has 1 aromatic heterocycles. The Balaban J connectivity index is 2.39. The van der Waals surface area contributed by atoms with Gasteiger partial charge in [0.15, 0.2) is 5.54 Å². The quantitative estimate of drug-likeness (QED) is 0.453. The molecule has 0 saturated heterocycles. The molecule has 10 nitrogen and oxygen atoms in total. The number of hydrogen-bond acceptors (Lipinski definition) is 8. The second-order valence-electron chi connectivity index (χ2n) is 4.95. The number of aliphatic hydroxyl groups excluding tert-OH is 2. The molecule has 0 fully saturated rings. The monoisotopic (exact) mass is 322 g/mol. The predicted molar refractivity (Wildman–Crippen MR) is 75.2 cm³/mol. The van der Waals surface area contributed by atoms with Crippen LogP contribution in [0.5, 0.6) is 0 Å². The van der Waals surface area contributed by atoms with Crippen LogP contribution < -0.4 is 17.0 Å². The molecule has 23 heavy (non-hydrogen) atoms. The lowest BCUT2D eigenvalue weighted by atomic mass is 9.94. The van der Waals surface area contributed by atoms with Crippen molar-refractivity contribution in [3.8, 4) is 6.07 Å². The average Bonchev–Trinajstić information content (AvgIpc) is 2.78. The molecule has 1 aliphatic rings. The van der Waals surface area contributed by atoms with E-state index in [1.165, 1.54) is 0 Å². The summed E-state index contributed by atoms with van der Waals surface area (Å²) in [5, 5.41) is 29.7. The number of aliphatic hydroxyl groups is 2. The van der Waals surface area contributed by atoms with Crippen molar-refractivity contribution in [2.75, 3.05) is 13.2 Å². The minimum absolute atomic E-state index is 0.0824. The molecule has 0 aromatic carbocycles. The van der Waals surface area contributed by atoms with Gasteiger partial charge in [-0.3, -0.25) is 19.1 Å². The molecule has 10 heteroatoms.